The zero-order valence-electron chi connectivity index (χ0n) is 15.7. The van der Waals surface area contributed by atoms with Crippen LogP contribution in [-0.4, -0.2) is 33.7 Å². The molecular formula is C21H20N4O2S. The molecule has 0 unspecified atom stereocenters. The first-order chi connectivity index (χ1) is 13.5. The maximum atomic E-state index is 12.8. The van der Waals surface area contributed by atoms with Gasteiger partial charge in [-0.3, -0.25) is 14.2 Å². The number of rotatable bonds is 4. The third kappa shape index (κ3) is 3.66. The van der Waals surface area contributed by atoms with E-state index in [0.717, 1.165) is 16.5 Å². The number of amides is 2. The fourth-order valence-corrected chi connectivity index (χ4v) is 4.19. The number of imidazole rings is 1. The van der Waals surface area contributed by atoms with Gasteiger partial charge in [0.05, 0.1) is 17.1 Å². The highest BCUT2D eigenvalue weighted by Crippen LogP contribution is 2.30. The second-order valence-electron chi connectivity index (χ2n) is 6.76. The molecule has 0 bridgehead atoms. The van der Waals surface area contributed by atoms with Crippen molar-refractivity contribution >= 4 is 35.0 Å². The summed E-state index contributed by atoms with van der Waals surface area (Å²) in [6.07, 6.45) is 3.62. The summed E-state index contributed by atoms with van der Waals surface area (Å²) in [6, 6.07) is 13.6. The monoisotopic (exact) mass is 392 g/mol. The van der Waals surface area contributed by atoms with Crippen LogP contribution < -0.4 is 10.2 Å². The molecule has 0 fully saturated rings. The van der Waals surface area contributed by atoms with Crippen molar-refractivity contribution in [1.29, 1.82) is 0 Å². The maximum Gasteiger partial charge on any atom is 0.244 e. The van der Waals surface area contributed by atoms with E-state index in [1.807, 2.05) is 29.0 Å². The van der Waals surface area contributed by atoms with Crippen LogP contribution in [0.2, 0.25) is 0 Å². The number of benzene rings is 2. The number of aromatic nitrogens is 2. The van der Waals surface area contributed by atoms with E-state index in [1.54, 1.807) is 12.3 Å². The number of hydrogen-bond acceptors (Lipinski definition) is 4. The summed E-state index contributed by atoms with van der Waals surface area (Å²) < 4.78 is 1.98. The first kappa shape index (κ1) is 18.3. The Morgan fingerprint density at radius 2 is 1.93 bits per heavy atom. The number of para-hydroxylation sites is 2. The molecule has 2 heterocycles. The summed E-state index contributed by atoms with van der Waals surface area (Å²) in [7, 11) is 0. The second kappa shape index (κ2) is 7.52. The number of nitrogens with zero attached hydrogens (tertiary/aromatic N) is 3. The predicted octanol–water partition coefficient (Wildman–Crippen LogP) is 3.57. The number of fused-ring (bicyclic) bond motifs is 1. The van der Waals surface area contributed by atoms with E-state index in [0.29, 0.717) is 5.69 Å². The van der Waals surface area contributed by atoms with Crippen LogP contribution in [0.5, 0.6) is 0 Å². The molecule has 2 aromatic carbocycles. The summed E-state index contributed by atoms with van der Waals surface area (Å²) in [5.41, 5.74) is 4.75. The summed E-state index contributed by atoms with van der Waals surface area (Å²) in [6.45, 7) is 4.15. The number of anilines is 2. The average Bonchev–Trinajstić information content (AvgIpc) is 3.13. The maximum absolute atomic E-state index is 12.8. The lowest BCUT2D eigenvalue weighted by Gasteiger charge is -2.29. The highest BCUT2D eigenvalue weighted by Gasteiger charge is 2.26. The molecule has 1 aromatic heterocycles. The van der Waals surface area contributed by atoms with Crippen LogP contribution in [0.1, 0.15) is 11.1 Å². The molecule has 0 aliphatic carbocycles. The molecule has 142 valence electrons. The van der Waals surface area contributed by atoms with Gasteiger partial charge in [-0.2, -0.15) is 0 Å². The van der Waals surface area contributed by atoms with Gasteiger partial charge >= 0.3 is 0 Å². The third-order valence-corrected chi connectivity index (χ3v) is 5.44. The normalized spacial score (nSPS) is 13.2. The van der Waals surface area contributed by atoms with E-state index >= 15 is 0 Å². The highest BCUT2D eigenvalue weighted by molar-refractivity contribution is 7.99. The Morgan fingerprint density at radius 1 is 1.18 bits per heavy atom. The number of hydrogen-bond donors (Lipinski definition) is 1. The van der Waals surface area contributed by atoms with Crippen LogP contribution >= 0.6 is 11.8 Å². The summed E-state index contributed by atoms with van der Waals surface area (Å²) in [4.78, 5) is 30.7. The molecule has 4 rings (SSSR count). The van der Waals surface area contributed by atoms with Crippen LogP contribution in [0.4, 0.5) is 11.4 Å². The van der Waals surface area contributed by atoms with Crippen LogP contribution in [-0.2, 0) is 9.59 Å². The van der Waals surface area contributed by atoms with Gasteiger partial charge in [-0.1, -0.05) is 30.0 Å². The van der Waals surface area contributed by atoms with Gasteiger partial charge < -0.3 is 10.2 Å². The Hall–Kier alpha value is -3.06. The minimum atomic E-state index is -0.186. The number of carbonyl (C=O) groups is 2. The zero-order valence-corrected chi connectivity index (χ0v) is 16.5. The minimum Gasteiger partial charge on any atom is -0.323 e. The molecule has 1 aliphatic rings. The fourth-order valence-electron chi connectivity index (χ4n) is 3.34. The van der Waals surface area contributed by atoms with Gasteiger partial charge in [0, 0.05) is 18.1 Å². The summed E-state index contributed by atoms with van der Waals surface area (Å²) in [5, 5.41) is 3.54. The second-order valence-corrected chi connectivity index (χ2v) is 7.70. The lowest BCUT2D eigenvalue weighted by atomic mass is 10.1. The zero-order chi connectivity index (χ0) is 19.7. The van der Waals surface area contributed by atoms with Crippen molar-refractivity contribution in [1.82, 2.24) is 9.55 Å². The SMILES string of the molecule is Cc1cc(C)cc(-n2ccnc2SCC(=O)N2CC(=O)Nc3ccccc32)c1. The molecular weight excluding hydrogens is 372 g/mol. The molecule has 6 nitrogen and oxygen atoms in total. The smallest absolute Gasteiger partial charge is 0.244 e. The van der Waals surface area contributed by atoms with Crippen molar-refractivity contribution in [3.63, 3.8) is 0 Å². The number of thioether (sulfide) groups is 1. The number of aryl methyl sites for hydroxylation is 2. The van der Waals surface area contributed by atoms with E-state index in [-0.39, 0.29) is 24.1 Å². The molecule has 0 atom stereocenters. The Bertz CT molecular complexity index is 1040. The lowest BCUT2D eigenvalue weighted by molar-refractivity contribution is -0.120. The quantitative estimate of drug-likeness (QED) is 0.690. The Kier molecular flexibility index (Phi) is 4.92. The molecule has 7 heteroatoms. The Labute approximate surface area is 167 Å². The predicted molar refractivity (Wildman–Crippen MR) is 111 cm³/mol. The number of nitrogens with one attached hydrogen (secondary N) is 1. The molecule has 0 radical (unpaired) electrons. The average molecular weight is 392 g/mol. The Balaban J connectivity index is 1.53. The summed E-state index contributed by atoms with van der Waals surface area (Å²) >= 11 is 1.37. The van der Waals surface area contributed by atoms with Gasteiger partial charge in [0.15, 0.2) is 5.16 Å². The van der Waals surface area contributed by atoms with Gasteiger partial charge in [0.25, 0.3) is 0 Å². The van der Waals surface area contributed by atoms with E-state index in [1.165, 1.54) is 27.8 Å². The molecule has 0 saturated carbocycles. The lowest BCUT2D eigenvalue weighted by Crippen LogP contribution is -2.43. The molecule has 2 amide bonds. The third-order valence-electron chi connectivity index (χ3n) is 4.49. The van der Waals surface area contributed by atoms with Gasteiger partial charge in [0.2, 0.25) is 11.8 Å². The van der Waals surface area contributed by atoms with Crippen molar-refractivity contribution in [2.24, 2.45) is 0 Å². The van der Waals surface area contributed by atoms with Crippen molar-refractivity contribution in [3.8, 4) is 5.69 Å². The standard InChI is InChI=1S/C21H20N4O2S/c1-14-9-15(2)11-16(10-14)24-8-7-22-21(24)28-13-20(27)25-12-19(26)23-17-5-3-4-6-18(17)25/h3-11H,12-13H2,1-2H3,(H,23,26). The van der Waals surface area contributed by atoms with Crippen molar-refractivity contribution in [3.05, 3.63) is 66.0 Å². The van der Waals surface area contributed by atoms with Crippen LogP contribution in [0, 0.1) is 13.8 Å². The van der Waals surface area contributed by atoms with Gasteiger partial charge in [-0.25, -0.2) is 4.98 Å². The highest BCUT2D eigenvalue weighted by atomic mass is 32.2. The molecule has 28 heavy (non-hydrogen) atoms. The van der Waals surface area contributed by atoms with Crippen LogP contribution in [0.15, 0.2) is 60.0 Å². The van der Waals surface area contributed by atoms with Gasteiger partial charge in [-0.05, 0) is 49.2 Å². The van der Waals surface area contributed by atoms with Crippen LogP contribution in [0.25, 0.3) is 5.69 Å². The minimum absolute atomic E-state index is 0.0297. The van der Waals surface area contributed by atoms with E-state index in [4.69, 9.17) is 0 Å². The molecule has 3 aromatic rings. The van der Waals surface area contributed by atoms with Crippen molar-refractivity contribution in [2.45, 2.75) is 19.0 Å². The Morgan fingerprint density at radius 3 is 2.71 bits per heavy atom. The molecule has 0 saturated heterocycles. The fraction of sp³-hybridized carbons (Fsp3) is 0.190. The van der Waals surface area contributed by atoms with Crippen molar-refractivity contribution < 1.29 is 9.59 Å². The number of carbonyl (C=O) groups excluding carboxylic acids is 2. The largest absolute Gasteiger partial charge is 0.323 e. The first-order valence-electron chi connectivity index (χ1n) is 8.95. The van der Waals surface area contributed by atoms with Crippen LogP contribution in [0.3, 0.4) is 0 Å². The molecule has 0 spiro atoms. The summed E-state index contributed by atoms with van der Waals surface area (Å²) in [5.74, 6) is -0.111. The van der Waals surface area contributed by atoms with E-state index in [2.05, 4.69) is 42.3 Å². The molecule has 1 aliphatic heterocycles. The molecule has 1 N–H and O–H groups in total. The van der Waals surface area contributed by atoms with E-state index < -0.39 is 0 Å². The van der Waals surface area contributed by atoms with Gasteiger partial charge in [0.1, 0.15) is 6.54 Å². The van der Waals surface area contributed by atoms with E-state index in [9.17, 15) is 9.59 Å². The van der Waals surface area contributed by atoms with Crippen molar-refractivity contribution in [2.75, 3.05) is 22.5 Å². The topological polar surface area (TPSA) is 67.2 Å². The first-order valence-corrected chi connectivity index (χ1v) is 9.94. The van der Waals surface area contributed by atoms with Gasteiger partial charge in [-0.15, -0.1) is 0 Å².